The summed E-state index contributed by atoms with van der Waals surface area (Å²) in [6.45, 7) is 1.61. The van der Waals surface area contributed by atoms with E-state index in [1.165, 1.54) is 24.3 Å². The van der Waals surface area contributed by atoms with Crippen molar-refractivity contribution >= 4 is 28.3 Å². The SMILES string of the molecule is CC(=N)CC(N)=Nc1nc(C(O)c2ccc(F)cc2)nc2cc(OCCO)ccc12. The zero-order valence-corrected chi connectivity index (χ0v) is 16.3. The van der Waals surface area contributed by atoms with Gasteiger partial charge in [0.15, 0.2) is 11.6 Å². The number of aliphatic imine (C=N–C) groups is 1. The summed E-state index contributed by atoms with van der Waals surface area (Å²) in [6, 6.07) is 10.4. The molecule has 0 radical (unpaired) electrons. The van der Waals surface area contributed by atoms with Crippen LogP contribution >= 0.6 is 0 Å². The summed E-state index contributed by atoms with van der Waals surface area (Å²) in [6.07, 6.45) is -1.03. The van der Waals surface area contributed by atoms with Gasteiger partial charge in [-0.2, -0.15) is 0 Å². The van der Waals surface area contributed by atoms with E-state index in [-0.39, 0.29) is 37.1 Å². The lowest BCUT2D eigenvalue weighted by Gasteiger charge is -2.13. The summed E-state index contributed by atoms with van der Waals surface area (Å²) < 4.78 is 18.7. The minimum absolute atomic E-state index is 0.0616. The maximum absolute atomic E-state index is 13.2. The van der Waals surface area contributed by atoms with Crippen molar-refractivity contribution in [1.82, 2.24) is 9.97 Å². The lowest BCUT2D eigenvalue weighted by Crippen LogP contribution is -2.15. The van der Waals surface area contributed by atoms with Crippen molar-refractivity contribution in [3.8, 4) is 5.75 Å². The lowest BCUT2D eigenvalue weighted by atomic mass is 10.1. The number of ether oxygens (including phenoxy) is 1. The van der Waals surface area contributed by atoms with Crippen LogP contribution in [0.2, 0.25) is 0 Å². The van der Waals surface area contributed by atoms with Gasteiger partial charge in [0.05, 0.1) is 12.1 Å². The van der Waals surface area contributed by atoms with Crippen LogP contribution in [-0.2, 0) is 0 Å². The van der Waals surface area contributed by atoms with Gasteiger partial charge in [0.2, 0.25) is 0 Å². The number of halogens is 1. The number of benzene rings is 2. The van der Waals surface area contributed by atoms with Crippen LogP contribution in [0.5, 0.6) is 5.75 Å². The molecule has 8 nitrogen and oxygen atoms in total. The summed E-state index contributed by atoms with van der Waals surface area (Å²) in [5, 5.41) is 27.9. The Morgan fingerprint density at radius 3 is 2.63 bits per heavy atom. The second-order valence-corrected chi connectivity index (χ2v) is 6.67. The molecular weight excluding hydrogens is 389 g/mol. The normalized spacial score (nSPS) is 12.7. The second-order valence-electron chi connectivity index (χ2n) is 6.67. The first-order valence-corrected chi connectivity index (χ1v) is 9.23. The number of amidine groups is 1. The smallest absolute Gasteiger partial charge is 0.165 e. The van der Waals surface area contributed by atoms with Gasteiger partial charge in [0, 0.05) is 23.6 Å². The fourth-order valence-corrected chi connectivity index (χ4v) is 2.81. The van der Waals surface area contributed by atoms with Gasteiger partial charge in [-0.3, -0.25) is 0 Å². The number of hydrogen-bond donors (Lipinski definition) is 4. The molecule has 9 heteroatoms. The summed E-state index contributed by atoms with van der Waals surface area (Å²) in [5.74, 6) is 0.562. The standard InChI is InChI=1S/C21H22FN5O3/c1-12(23)10-18(24)26-20-16-7-6-15(30-9-8-28)11-17(16)25-21(27-20)19(29)13-2-4-14(22)5-3-13/h2-7,11,19,23,28-29H,8-10H2,1H3,(H2,24,25,26,27). The van der Waals surface area contributed by atoms with E-state index in [1.807, 2.05) is 0 Å². The molecule has 0 aliphatic rings. The molecule has 3 rings (SSSR count). The Kier molecular flexibility index (Phi) is 6.65. The Hall–Kier alpha value is -3.43. The highest BCUT2D eigenvalue weighted by Crippen LogP contribution is 2.30. The maximum Gasteiger partial charge on any atom is 0.165 e. The van der Waals surface area contributed by atoms with Gasteiger partial charge in [0.1, 0.15) is 30.1 Å². The van der Waals surface area contributed by atoms with Gasteiger partial charge in [-0.05, 0) is 36.8 Å². The molecule has 156 valence electrons. The van der Waals surface area contributed by atoms with Crippen LogP contribution in [-0.4, -0.2) is 44.9 Å². The quantitative estimate of drug-likeness (QED) is 0.332. The van der Waals surface area contributed by atoms with Crippen LogP contribution in [0.15, 0.2) is 47.5 Å². The predicted octanol–water partition coefficient (Wildman–Crippen LogP) is 2.64. The molecular formula is C21H22FN5O3. The first kappa shape index (κ1) is 21.3. The molecule has 5 N–H and O–H groups in total. The van der Waals surface area contributed by atoms with Gasteiger partial charge in [0.25, 0.3) is 0 Å². The van der Waals surface area contributed by atoms with E-state index >= 15 is 0 Å². The molecule has 3 aromatic rings. The van der Waals surface area contributed by atoms with Crippen LogP contribution in [0.1, 0.15) is 30.8 Å². The molecule has 0 aliphatic carbocycles. The number of aliphatic hydroxyl groups excluding tert-OH is 2. The largest absolute Gasteiger partial charge is 0.491 e. The highest BCUT2D eigenvalue weighted by Gasteiger charge is 2.18. The van der Waals surface area contributed by atoms with Crippen LogP contribution in [0.3, 0.4) is 0 Å². The van der Waals surface area contributed by atoms with Crippen molar-refractivity contribution < 1.29 is 19.3 Å². The lowest BCUT2D eigenvalue weighted by molar-refractivity contribution is 0.201. The number of nitrogens with zero attached hydrogens (tertiary/aromatic N) is 3. The first-order chi connectivity index (χ1) is 14.4. The number of rotatable bonds is 8. The third-order valence-corrected chi connectivity index (χ3v) is 4.15. The summed E-state index contributed by atoms with van der Waals surface area (Å²) in [5.41, 5.74) is 7.16. The number of nitrogens with two attached hydrogens (primary N) is 1. The topological polar surface area (TPSA) is 138 Å². The van der Waals surface area contributed by atoms with E-state index in [0.717, 1.165) is 0 Å². The van der Waals surface area contributed by atoms with Crippen LogP contribution < -0.4 is 10.5 Å². The summed E-state index contributed by atoms with van der Waals surface area (Å²) >= 11 is 0. The molecule has 0 spiro atoms. The number of hydrogen-bond acceptors (Lipinski definition) is 7. The van der Waals surface area contributed by atoms with Gasteiger partial charge >= 0.3 is 0 Å². The minimum atomic E-state index is -1.21. The zero-order valence-electron chi connectivity index (χ0n) is 16.3. The Balaban J connectivity index is 2.11. The molecule has 1 heterocycles. The Morgan fingerprint density at radius 1 is 1.23 bits per heavy atom. The van der Waals surface area contributed by atoms with E-state index in [2.05, 4.69) is 15.0 Å². The molecule has 1 atom stereocenters. The van der Waals surface area contributed by atoms with Crippen molar-refractivity contribution in [2.24, 2.45) is 10.7 Å². The van der Waals surface area contributed by atoms with Gasteiger partial charge in [-0.25, -0.2) is 19.4 Å². The number of nitrogens with one attached hydrogen (secondary N) is 1. The minimum Gasteiger partial charge on any atom is -0.491 e. The summed E-state index contributed by atoms with van der Waals surface area (Å²) in [7, 11) is 0. The highest BCUT2D eigenvalue weighted by atomic mass is 19.1. The van der Waals surface area contributed by atoms with Crippen molar-refractivity contribution in [3.05, 3.63) is 59.7 Å². The molecule has 0 bridgehead atoms. The Morgan fingerprint density at radius 2 is 1.97 bits per heavy atom. The van der Waals surface area contributed by atoms with E-state index in [4.69, 9.17) is 21.0 Å². The van der Waals surface area contributed by atoms with Crippen molar-refractivity contribution in [1.29, 1.82) is 5.41 Å². The average Bonchev–Trinajstić information content (AvgIpc) is 2.71. The van der Waals surface area contributed by atoms with Gasteiger partial charge < -0.3 is 26.1 Å². The van der Waals surface area contributed by atoms with Crippen molar-refractivity contribution in [2.45, 2.75) is 19.4 Å². The average molecular weight is 411 g/mol. The van der Waals surface area contributed by atoms with Gasteiger partial charge in [-0.15, -0.1) is 0 Å². The third-order valence-electron chi connectivity index (χ3n) is 4.15. The fourth-order valence-electron chi connectivity index (χ4n) is 2.81. The molecule has 30 heavy (non-hydrogen) atoms. The Bertz CT molecular complexity index is 1090. The molecule has 1 unspecified atom stereocenters. The van der Waals surface area contributed by atoms with Crippen molar-refractivity contribution in [2.75, 3.05) is 13.2 Å². The maximum atomic E-state index is 13.2. The zero-order chi connectivity index (χ0) is 21.7. The molecule has 2 aromatic carbocycles. The highest BCUT2D eigenvalue weighted by molar-refractivity contribution is 6.02. The van der Waals surface area contributed by atoms with Crippen LogP contribution in [0.4, 0.5) is 10.2 Å². The molecule has 0 amide bonds. The predicted molar refractivity (Wildman–Crippen MR) is 112 cm³/mol. The molecule has 0 saturated carbocycles. The first-order valence-electron chi connectivity index (χ1n) is 9.23. The molecule has 0 saturated heterocycles. The van der Waals surface area contributed by atoms with E-state index in [9.17, 15) is 9.50 Å². The number of aromatic nitrogens is 2. The van der Waals surface area contributed by atoms with Gasteiger partial charge in [-0.1, -0.05) is 12.1 Å². The second kappa shape index (κ2) is 9.38. The van der Waals surface area contributed by atoms with Crippen molar-refractivity contribution in [3.63, 3.8) is 0 Å². The van der Waals surface area contributed by atoms with E-state index in [0.29, 0.717) is 27.9 Å². The van der Waals surface area contributed by atoms with Crippen LogP contribution in [0, 0.1) is 11.2 Å². The van der Waals surface area contributed by atoms with E-state index < -0.39 is 11.9 Å². The van der Waals surface area contributed by atoms with Crippen LogP contribution in [0.25, 0.3) is 10.9 Å². The Labute approximate surface area is 172 Å². The number of fused-ring (bicyclic) bond motifs is 1. The molecule has 1 aromatic heterocycles. The summed E-state index contributed by atoms with van der Waals surface area (Å²) in [4.78, 5) is 13.1. The molecule has 0 fully saturated rings. The molecule has 0 aliphatic heterocycles. The number of aliphatic hydroxyl groups is 2. The van der Waals surface area contributed by atoms with E-state index in [1.54, 1.807) is 25.1 Å². The third kappa shape index (κ3) is 5.13. The monoisotopic (exact) mass is 411 g/mol. The fraction of sp³-hybridized carbons (Fsp3) is 0.238.